The molecule has 5 N–H and O–H groups in total. The lowest BCUT2D eigenvalue weighted by Gasteiger charge is -2.33. The number of allylic oxidation sites excluding steroid dienone is 1. The maximum Gasteiger partial charge on any atom is 0.293 e. The second kappa shape index (κ2) is 6.55. The van der Waals surface area contributed by atoms with E-state index in [2.05, 4.69) is 10.3 Å². The Morgan fingerprint density at radius 3 is 2.17 bits per heavy atom. The fraction of sp³-hybridized carbons (Fsp3) is 0.0500. The van der Waals surface area contributed by atoms with E-state index in [9.17, 15) is 18.9 Å². The Morgan fingerprint density at radius 1 is 1.00 bits per heavy atom. The van der Waals surface area contributed by atoms with Gasteiger partial charge in [-0.3, -0.25) is 10.1 Å². The van der Waals surface area contributed by atoms with Gasteiger partial charge in [0.05, 0.1) is 17.0 Å². The molecule has 1 heterocycles. The fourth-order valence-electron chi connectivity index (χ4n) is 3.48. The summed E-state index contributed by atoms with van der Waals surface area (Å²) in [5, 5.41) is 15.3. The average Bonchev–Trinajstić information content (AvgIpc) is 2.69. The molecule has 2 aromatic rings. The maximum absolute atomic E-state index is 13.5. The topological polar surface area (TPSA) is 120 Å². The molecule has 1 unspecified atom stereocenters. The van der Waals surface area contributed by atoms with Crippen LogP contribution in [0.5, 0.6) is 0 Å². The molecule has 0 fully saturated rings. The van der Waals surface area contributed by atoms with Crippen LogP contribution in [-0.4, -0.2) is 10.6 Å². The van der Waals surface area contributed by atoms with Gasteiger partial charge in [-0.05, 0) is 48.0 Å². The molecule has 9 heteroatoms. The Bertz CT molecular complexity index is 1130. The molecule has 0 bridgehead atoms. The van der Waals surface area contributed by atoms with Crippen LogP contribution in [0.1, 0.15) is 11.1 Å². The molecule has 1 aliphatic carbocycles. The van der Waals surface area contributed by atoms with Gasteiger partial charge >= 0.3 is 0 Å². The number of rotatable bonds is 3. The van der Waals surface area contributed by atoms with Gasteiger partial charge in [0.15, 0.2) is 5.82 Å². The van der Waals surface area contributed by atoms with Crippen molar-refractivity contribution in [1.29, 1.82) is 0 Å². The largest absolute Gasteiger partial charge is 0.382 e. The second-order valence-corrected chi connectivity index (χ2v) is 6.54. The quantitative estimate of drug-likeness (QED) is 0.545. The summed E-state index contributed by atoms with van der Waals surface area (Å²) in [5.74, 6) is -0.938. The van der Waals surface area contributed by atoms with Crippen LogP contribution in [0.3, 0.4) is 0 Å². The van der Waals surface area contributed by atoms with Crippen molar-refractivity contribution in [3.8, 4) is 0 Å². The van der Waals surface area contributed by atoms with Gasteiger partial charge in [-0.2, -0.15) is 0 Å². The lowest BCUT2D eigenvalue weighted by molar-refractivity contribution is -0.544. The molecule has 1 aliphatic heterocycles. The highest BCUT2D eigenvalue weighted by atomic mass is 19.1. The predicted molar refractivity (Wildman–Crippen MR) is 104 cm³/mol. The fourth-order valence-corrected chi connectivity index (χ4v) is 3.48. The number of halogens is 2. The Morgan fingerprint density at radius 2 is 1.59 bits per heavy atom. The molecule has 0 spiro atoms. The zero-order chi connectivity index (χ0) is 20.8. The first-order valence-electron chi connectivity index (χ1n) is 8.54. The zero-order valence-corrected chi connectivity index (χ0v) is 14.9. The summed E-state index contributed by atoms with van der Waals surface area (Å²) < 4.78 is 27.0. The predicted octanol–water partition coefficient (Wildman–Crippen LogP) is 2.51. The van der Waals surface area contributed by atoms with Crippen LogP contribution in [0.2, 0.25) is 0 Å². The standard InChI is InChI=1S/C20H15F2N5O2/c21-13-5-1-11(2-6-13)16-17-15(25-18(23)19(24)26-17)9-10-20(16,27(28)29)12-3-7-14(22)8-4-12/h1-10,26H,23-24H2. The molecular weight excluding hydrogens is 380 g/mol. The average molecular weight is 395 g/mol. The first-order chi connectivity index (χ1) is 13.8. The summed E-state index contributed by atoms with van der Waals surface area (Å²) in [7, 11) is 0. The van der Waals surface area contributed by atoms with Gasteiger partial charge in [0, 0.05) is 16.6 Å². The molecule has 0 saturated heterocycles. The lowest BCUT2D eigenvalue weighted by Crippen LogP contribution is -2.43. The third-order valence-corrected chi connectivity index (χ3v) is 4.85. The SMILES string of the molecule is NC1=C(N)NC2=C(c3ccc(F)cc3)C(c3ccc(F)cc3)([N+](=O)[O-])C=CC2=N1. The monoisotopic (exact) mass is 395 g/mol. The molecule has 29 heavy (non-hydrogen) atoms. The molecule has 1 atom stereocenters. The van der Waals surface area contributed by atoms with Crippen LogP contribution in [-0.2, 0) is 5.54 Å². The van der Waals surface area contributed by atoms with E-state index in [0.717, 1.165) is 12.1 Å². The van der Waals surface area contributed by atoms with E-state index in [1.165, 1.54) is 48.6 Å². The van der Waals surface area contributed by atoms with E-state index in [1.807, 2.05) is 0 Å². The van der Waals surface area contributed by atoms with Crippen LogP contribution in [0.4, 0.5) is 8.78 Å². The number of nitrogens with two attached hydrogens (primary N) is 2. The lowest BCUT2D eigenvalue weighted by atomic mass is 9.74. The molecular formula is C20H15F2N5O2. The molecule has 146 valence electrons. The Hall–Kier alpha value is -4.01. The number of nitro groups is 1. The number of nitrogens with one attached hydrogen (secondary N) is 1. The van der Waals surface area contributed by atoms with E-state index in [-0.39, 0.29) is 28.5 Å². The van der Waals surface area contributed by atoms with Crippen molar-refractivity contribution in [2.45, 2.75) is 5.54 Å². The molecule has 0 amide bonds. The summed E-state index contributed by atoms with van der Waals surface area (Å²) >= 11 is 0. The minimum absolute atomic E-state index is 0.0371. The van der Waals surface area contributed by atoms with Crippen molar-refractivity contribution in [1.82, 2.24) is 5.32 Å². The van der Waals surface area contributed by atoms with Crippen LogP contribution < -0.4 is 16.8 Å². The van der Waals surface area contributed by atoms with E-state index in [0.29, 0.717) is 11.3 Å². The first kappa shape index (κ1) is 18.4. The van der Waals surface area contributed by atoms with Crippen molar-refractivity contribution >= 4 is 11.3 Å². The minimum Gasteiger partial charge on any atom is -0.382 e. The Labute approximate surface area is 163 Å². The van der Waals surface area contributed by atoms with Crippen molar-refractivity contribution < 1.29 is 13.7 Å². The number of hydrogen-bond donors (Lipinski definition) is 3. The molecule has 4 rings (SSSR count). The van der Waals surface area contributed by atoms with Crippen molar-refractivity contribution in [3.63, 3.8) is 0 Å². The van der Waals surface area contributed by atoms with Gasteiger partial charge in [0.2, 0.25) is 0 Å². The highest BCUT2D eigenvalue weighted by Crippen LogP contribution is 2.45. The smallest absolute Gasteiger partial charge is 0.293 e. The number of aliphatic imine (C=N–C) groups is 1. The molecule has 7 nitrogen and oxygen atoms in total. The van der Waals surface area contributed by atoms with Crippen LogP contribution in [0.15, 0.2) is 83.0 Å². The number of benzene rings is 2. The Kier molecular flexibility index (Phi) is 4.15. The maximum atomic E-state index is 13.5. The van der Waals surface area contributed by atoms with Crippen LogP contribution in [0.25, 0.3) is 5.57 Å². The van der Waals surface area contributed by atoms with E-state index < -0.39 is 22.1 Å². The number of fused-ring (bicyclic) bond motifs is 1. The van der Waals surface area contributed by atoms with Gasteiger partial charge < -0.3 is 16.8 Å². The molecule has 2 aromatic carbocycles. The third-order valence-electron chi connectivity index (χ3n) is 4.85. The zero-order valence-electron chi connectivity index (χ0n) is 14.9. The number of nitrogens with zero attached hydrogens (tertiary/aromatic N) is 2. The van der Waals surface area contributed by atoms with Gasteiger partial charge in [-0.25, -0.2) is 13.8 Å². The van der Waals surface area contributed by atoms with E-state index in [1.54, 1.807) is 0 Å². The third kappa shape index (κ3) is 2.83. The highest BCUT2D eigenvalue weighted by Gasteiger charge is 2.51. The van der Waals surface area contributed by atoms with Crippen molar-refractivity contribution in [2.75, 3.05) is 0 Å². The van der Waals surface area contributed by atoms with Gasteiger partial charge in [0.25, 0.3) is 5.54 Å². The minimum atomic E-state index is -1.89. The summed E-state index contributed by atoms with van der Waals surface area (Å²) in [5.41, 5.74) is 11.1. The summed E-state index contributed by atoms with van der Waals surface area (Å²) in [6.07, 6.45) is 2.82. The number of hydrogen-bond acceptors (Lipinski definition) is 6. The van der Waals surface area contributed by atoms with Crippen LogP contribution >= 0.6 is 0 Å². The summed E-state index contributed by atoms with van der Waals surface area (Å²) in [6, 6.07) is 10.2. The second-order valence-electron chi connectivity index (χ2n) is 6.54. The molecule has 0 radical (unpaired) electrons. The molecule has 0 aromatic heterocycles. The van der Waals surface area contributed by atoms with Gasteiger partial charge in [0.1, 0.15) is 17.5 Å². The Balaban J connectivity index is 2.06. The molecule has 0 saturated carbocycles. The van der Waals surface area contributed by atoms with Gasteiger partial charge in [-0.1, -0.05) is 12.1 Å². The van der Waals surface area contributed by atoms with E-state index in [4.69, 9.17) is 11.5 Å². The highest BCUT2D eigenvalue weighted by molar-refractivity contribution is 6.16. The van der Waals surface area contributed by atoms with Crippen molar-refractivity contribution in [2.24, 2.45) is 16.5 Å². The van der Waals surface area contributed by atoms with Crippen molar-refractivity contribution in [3.05, 3.63) is 111 Å². The molecule has 2 aliphatic rings. The summed E-state index contributed by atoms with van der Waals surface area (Å²) in [4.78, 5) is 16.2. The van der Waals surface area contributed by atoms with E-state index >= 15 is 0 Å². The van der Waals surface area contributed by atoms with Crippen LogP contribution in [0, 0.1) is 21.7 Å². The van der Waals surface area contributed by atoms with Gasteiger partial charge in [-0.15, -0.1) is 0 Å². The first-order valence-corrected chi connectivity index (χ1v) is 8.54. The summed E-state index contributed by atoms with van der Waals surface area (Å²) in [6.45, 7) is 0. The normalized spacial score (nSPS) is 20.8.